The summed E-state index contributed by atoms with van der Waals surface area (Å²) in [6.07, 6.45) is 8.77. The predicted molar refractivity (Wildman–Crippen MR) is 300 cm³/mol. The smallest absolute Gasteiger partial charge is 0.0726 e. The Bertz CT molecular complexity index is 3800. The van der Waals surface area contributed by atoms with Crippen LogP contribution in [0.3, 0.4) is 0 Å². The first kappa shape index (κ1) is 41.3. The van der Waals surface area contributed by atoms with E-state index in [0.717, 1.165) is 25.7 Å². The lowest BCUT2D eigenvalue weighted by molar-refractivity contribution is 0.660. The molecule has 0 aromatic heterocycles. The Balaban J connectivity index is 0.826. The van der Waals surface area contributed by atoms with Crippen molar-refractivity contribution >= 4 is 46.3 Å². The van der Waals surface area contributed by atoms with Crippen LogP contribution in [-0.4, -0.2) is 0 Å². The van der Waals surface area contributed by atoms with Crippen LogP contribution in [0.2, 0.25) is 0 Å². The Hall–Kier alpha value is -8.46. The number of aryl methyl sites for hydroxylation is 4. The summed E-state index contributed by atoms with van der Waals surface area (Å²) in [4.78, 5) is 5.03. The number of para-hydroxylation sites is 4. The van der Waals surface area contributed by atoms with Gasteiger partial charge in [-0.1, -0.05) is 190 Å². The fourth-order valence-corrected chi connectivity index (χ4v) is 13.7. The molecule has 72 heavy (non-hydrogen) atoms. The van der Waals surface area contributed by atoms with Crippen LogP contribution < -0.4 is 9.80 Å². The number of hydrogen-bond donors (Lipinski definition) is 0. The second kappa shape index (κ2) is 15.5. The average Bonchev–Trinajstić information content (AvgIpc) is 3.84. The lowest BCUT2D eigenvalue weighted by atomic mass is 9.70. The second-order valence-electron chi connectivity index (χ2n) is 21.1. The molecule has 0 saturated heterocycles. The molecule has 5 aliphatic rings. The predicted octanol–water partition coefficient (Wildman–Crippen LogP) is 17.6. The van der Waals surface area contributed by atoms with E-state index in [0.29, 0.717) is 0 Å². The topological polar surface area (TPSA) is 6.48 Å². The second-order valence-corrected chi connectivity index (χ2v) is 21.1. The van der Waals surface area contributed by atoms with Crippen molar-refractivity contribution in [2.24, 2.45) is 0 Å². The van der Waals surface area contributed by atoms with E-state index in [9.17, 15) is 0 Å². The number of nitrogens with zero attached hydrogens (tertiary/aromatic N) is 2. The van der Waals surface area contributed by atoms with Gasteiger partial charge < -0.3 is 9.80 Å². The van der Waals surface area contributed by atoms with E-state index in [1.54, 1.807) is 0 Å². The lowest BCUT2D eigenvalue weighted by Gasteiger charge is -2.32. The van der Waals surface area contributed by atoms with Crippen LogP contribution in [0.15, 0.2) is 218 Å². The van der Waals surface area contributed by atoms with Crippen LogP contribution in [-0.2, 0) is 36.5 Å². The molecule has 2 aliphatic heterocycles. The molecule has 0 radical (unpaired) electrons. The maximum atomic E-state index is 2.53. The van der Waals surface area contributed by atoms with E-state index >= 15 is 0 Å². The third-order valence-corrected chi connectivity index (χ3v) is 17.0. The number of fused-ring (bicyclic) bond motifs is 17. The number of rotatable bonds is 4. The van der Waals surface area contributed by atoms with Gasteiger partial charge in [0.1, 0.15) is 0 Å². The van der Waals surface area contributed by atoms with Gasteiger partial charge in [-0.05, 0) is 180 Å². The fourth-order valence-electron chi connectivity index (χ4n) is 13.7. The minimum absolute atomic E-state index is 0.180. The van der Waals surface area contributed by atoms with Crippen LogP contribution in [0.5, 0.6) is 0 Å². The molecule has 10 aromatic carbocycles. The van der Waals surface area contributed by atoms with Crippen molar-refractivity contribution in [3.63, 3.8) is 0 Å². The van der Waals surface area contributed by atoms with E-state index in [1.165, 1.54) is 134 Å². The molecular formula is C70H52N2. The standard InChI is InChI=1S/C70H52N2/c1-69(2)61-41-45(29-37-55(61)56-39-35-51(43-62(56)69)71-65-23-11-3-15-47(65)31-32-48-16-4-12-24-66(48)71)27-28-46-30-38-57-58-40-36-52(72-67-25-13-5-17-49(67)33-34-50-18-6-14-26-68(50)72)44-64(58)70(63(57)42-46)59-21-9-7-19-53(59)54-20-8-10-22-60(54)70/h3-30,35-44H,31-34H2,1-2H3/b28-27+. The molecule has 0 bridgehead atoms. The van der Waals surface area contributed by atoms with E-state index in [2.05, 4.69) is 254 Å². The summed E-state index contributed by atoms with van der Waals surface area (Å²) >= 11 is 0. The molecule has 342 valence electrons. The molecule has 0 atom stereocenters. The van der Waals surface area contributed by atoms with Crippen LogP contribution in [0.4, 0.5) is 34.1 Å². The van der Waals surface area contributed by atoms with E-state index in [-0.39, 0.29) is 5.41 Å². The normalized spacial score (nSPS) is 15.5. The number of hydrogen-bond acceptors (Lipinski definition) is 2. The van der Waals surface area contributed by atoms with Crippen molar-refractivity contribution in [3.05, 3.63) is 285 Å². The number of benzene rings is 10. The highest BCUT2D eigenvalue weighted by Gasteiger charge is 2.52. The zero-order valence-electron chi connectivity index (χ0n) is 40.7. The summed E-state index contributed by atoms with van der Waals surface area (Å²) in [7, 11) is 0. The SMILES string of the molecule is CC1(C)c2cc(/C=C/c3ccc4c(c3)C3(c5ccccc5-c5ccccc53)c3cc(N5c6ccccc6CCc6ccccc65)ccc3-4)ccc2-c2ccc(N3c4ccccc4CCc4ccccc43)cc21. The first-order valence-corrected chi connectivity index (χ1v) is 25.8. The van der Waals surface area contributed by atoms with Crippen molar-refractivity contribution in [2.45, 2.75) is 50.4 Å². The van der Waals surface area contributed by atoms with Crippen molar-refractivity contribution in [2.75, 3.05) is 9.80 Å². The third kappa shape index (κ3) is 5.84. The van der Waals surface area contributed by atoms with E-state index < -0.39 is 5.41 Å². The molecule has 2 heterocycles. The van der Waals surface area contributed by atoms with E-state index in [1.807, 2.05) is 0 Å². The maximum absolute atomic E-state index is 2.53. The van der Waals surface area contributed by atoms with Crippen molar-refractivity contribution < 1.29 is 0 Å². The van der Waals surface area contributed by atoms with Crippen molar-refractivity contribution in [1.82, 2.24) is 0 Å². The zero-order chi connectivity index (χ0) is 47.7. The quantitative estimate of drug-likeness (QED) is 0.162. The molecule has 0 fully saturated rings. The van der Waals surface area contributed by atoms with Gasteiger partial charge in [-0.3, -0.25) is 0 Å². The molecule has 2 nitrogen and oxygen atoms in total. The van der Waals surface area contributed by atoms with Gasteiger partial charge >= 0.3 is 0 Å². The molecule has 3 aliphatic carbocycles. The lowest BCUT2D eigenvalue weighted by Crippen LogP contribution is -2.26. The molecule has 2 heteroatoms. The summed E-state index contributed by atoms with van der Waals surface area (Å²) in [5, 5.41) is 0. The van der Waals surface area contributed by atoms with Gasteiger partial charge in [-0.25, -0.2) is 0 Å². The van der Waals surface area contributed by atoms with Gasteiger partial charge in [0.05, 0.1) is 5.41 Å². The Labute approximate surface area is 422 Å². The summed E-state index contributed by atoms with van der Waals surface area (Å²) < 4.78 is 0. The molecule has 15 rings (SSSR count). The highest BCUT2D eigenvalue weighted by molar-refractivity contribution is 5.97. The van der Waals surface area contributed by atoms with Crippen LogP contribution in [0.1, 0.15) is 80.6 Å². The van der Waals surface area contributed by atoms with Gasteiger partial charge in [0.15, 0.2) is 0 Å². The maximum Gasteiger partial charge on any atom is 0.0726 e. The Morgan fingerprint density at radius 2 is 0.625 bits per heavy atom. The van der Waals surface area contributed by atoms with Gasteiger partial charge in [-0.2, -0.15) is 0 Å². The van der Waals surface area contributed by atoms with Gasteiger partial charge in [-0.15, -0.1) is 0 Å². The minimum Gasteiger partial charge on any atom is -0.310 e. The highest BCUT2D eigenvalue weighted by atomic mass is 15.2. The largest absolute Gasteiger partial charge is 0.310 e. The van der Waals surface area contributed by atoms with Crippen LogP contribution in [0.25, 0.3) is 45.5 Å². The minimum atomic E-state index is -0.484. The highest BCUT2D eigenvalue weighted by Crippen LogP contribution is 2.64. The van der Waals surface area contributed by atoms with Crippen molar-refractivity contribution in [1.29, 1.82) is 0 Å². The fraction of sp³-hybridized carbons (Fsp3) is 0.114. The Morgan fingerprint density at radius 1 is 0.306 bits per heavy atom. The molecule has 10 aromatic rings. The van der Waals surface area contributed by atoms with Gasteiger partial charge in [0.2, 0.25) is 0 Å². The Kier molecular flexibility index (Phi) is 8.91. The van der Waals surface area contributed by atoms with Gasteiger partial charge in [0.25, 0.3) is 0 Å². The average molecular weight is 921 g/mol. The van der Waals surface area contributed by atoms with Crippen LogP contribution in [0, 0.1) is 0 Å². The molecular weight excluding hydrogens is 869 g/mol. The zero-order valence-corrected chi connectivity index (χ0v) is 40.7. The summed E-state index contributed by atoms with van der Waals surface area (Å²) in [6.45, 7) is 4.81. The monoisotopic (exact) mass is 920 g/mol. The number of anilines is 6. The Morgan fingerprint density at radius 3 is 1.08 bits per heavy atom. The molecule has 0 unspecified atom stereocenters. The van der Waals surface area contributed by atoms with Crippen molar-refractivity contribution in [3.8, 4) is 33.4 Å². The molecule has 0 saturated carbocycles. The van der Waals surface area contributed by atoms with E-state index in [4.69, 9.17) is 0 Å². The summed E-state index contributed by atoms with van der Waals surface area (Å²) in [6, 6.07) is 83.0. The summed E-state index contributed by atoms with van der Waals surface area (Å²) in [5.41, 5.74) is 30.9. The van der Waals surface area contributed by atoms with Crippen LogP contribution >= 0.6 is 0 Å². The van der Waals surface area contributed by atoms with Gasteiger partial charge in [0, 0.05) is 39.5 Å². The first-order valence-electron chi connectivity index (χ1n) is 25.8. The molecule has 0 N–H and O–H groups in total. The third-order valence-electron chi connectivity index (χ3n) is 17.0. The summed E-state index contributed by atoms with van der Waals surface area (Å²) in [5.74, 6) is 0. The molecule has 1 spiro atoms. The first-order chi connectivity index (χ1) is 35.4. The molecule has 0 amide bonds.